The van der Waals surface area contributed by atoms with E-state index in [0.29, 0.717) is 6.42 Å². The first-order valence-corrected chi connectivity index (χ1v) is 8.71. The standard InChI is InChI=1S/C18H22O2S/c1-4-9-21-17-12-7-5-6-8-14(12)20-15-11-18(2,3)10-13(19)16(15)17/h5-8,17H,4,9-11H2,1-3H3. The van der Waals surface area contributed by atoms with E-state index in [-0.39, 0.29) is 16.4 Å². The zero-order valence-electron chi connectivity index (χ0n) is 12.9. The Hall–Kier alpha value is -1.22. The second kappa shape index (κ2) is 5.53. The summed E-state index contributed by atoms with van der Waals surface area (Å²) in [6.07, 6.45) is 2.60. The van der Waals surface area contributed by atoms with Crippen molar-refractivity contribution in [2.75, 3.05) is 5.75 Å². The fraction of sp³-hybridized carbons (Fsp3) is 0.500. The lowest BCUT2D eigenvalue weighted by atomic mass is 9.74. The number of rotatable bonds is 3. The lowest BCUT2D eigenvalue weighted by Crippen LogP contribution is -2.31. The number of carbonyl (C=O) groups excluding carboxylic acids is 1. The Morgan fingerprint density at radius 3 is 2.81 bits per heavy atom. The van der Waals surface area contributed by atoms with Crippen LogP contribution in [0.5, 0.6) is 5.75 Å². The molecule has 3 rings (SSSR count). The zero-order chi connectivity index (χ0) is 15.0. The van der Waals surface area contributed by atoms with Crippen LogP contribution in [0.4, 0.5) is 0 Å². The van der Waals surface area contributed by atoms with E-state index in [1.165, 1.54) is 0 Å². The largest absolute Gasteiger partial charge is 0.461 e. The van der Waals surface area contributed by atoms with Crippen molar-refractivity contribution in [1.29, 1.82) is 0 Å². The van der Waals surface area contributed by atoms with Gasteiger partial charge in [0.1, 0.15) is 11.5 Å². The summed E-state index contributed by atoms with van der Waals surface area (Å²) in [5.41, 5.74) is 2.08. The number of carbonyl (C=O) groups is 1. The van der Waals surface area contributed by atoms with Gasteiger partial charge in [-0.25, -0.2) is 0 Å². The van der Waals surface area contributed by atoms with Crippen molar-refractivity contribution in [3.63, 3.8) is 0 Å². The van der Waals surface area contributed by atoms with Gasteiger partial charge in [-0.15, -0.1) is 11.8 Å². The number of hydrogen-bond acceptors (Lipinski definition) is 3. The molecule has 1 aromatic rings. The highest BCUT2D eigenvalue weighted by atomic mass is 32.2. The predicted octanol–water partition coefficient (Wildman–Crippen LogP) is 4.91. The molecule has 1 aromatic carbocycles. The van der Waals surface area contributed by atoms with Crippen molar-refractivity contribution in [1.82, 2.24) is 0 Å². The van der Waals surface area contributed by atoms with E-state index >= 15 is 0 Å². The van der Waals surface area contributed by atoms with Crippen molar-refractivity contribution in [3.8, 4) is 5.75 Å². The van der Waals surface area contributed by atoms with Crippen molar-refractivity contribution >= 4 is 17.5 Å². The number of Topliss-reactive ketones (excluding diaryl/α,β-unsaturated/α-hetero) is 1. The van der Waals surface area contributed by atoms with Gasteiger partial charge in [0.05, 0.1) is 10.8 Å². The Labute approximate surface area is 131 Å². The number of thioether (sulfide) groups is 1. The predicted molar refractivity (Wildman–Crippen MR) is 87.6 cm³/mol. The summed E-state index contributed by atoms with van der Waals surface area (Å²) in [6, 6.07) is 8.15. The Balaban J connectivity index is 2.05. The third-order valence-corrected chi connectivity index (χ3v) is 5.53. The SMILES string of the molecule is CCCSC1C2=C(CC(C)(C)CC2=O)Oc2ccccc21. The molecule has 2 nitrogen and oxygen atoms in total. The fourth-order valence-electron chi connectivity index (χ4n) is 3.15. The van der Waals surface area contributed by atoms with Gasteiger partial charge in [-0.1, -0.05) is 39.0 Å². The maximum atomic E-state index is 12.7. The number of benzene rings is 1. The van der Waals surface area contributed by atoms with Gasteiger partial charge in [0.15, 0.2) is 5.78 Å². The van der Waals surface area contributed by atoms with Crippen LogP contribution in [-0.4, -0.2) is 11.5 Å². The normalized spacial score (nSPS) is 23.4. The van der Waals surface area contributed by atoms with Crippen LogP contribution in [-0.2, 0) is 4.79 Å². The van der Waals surface area contributed by atoms with E-state index < -0.39 is 0 Å². The number of ketones is 1. The molecule has 0 bridgehead atoms. The molecule has 1 unspecified atom stereocenters. The summed E-state index contributed by atoms with van der Waals surface area (Å²) in [5, 5.41) is 0.147. The summed E-state index contributed by atoms with van der Waals surface area (Å²) in [4.78, 5) is 12.7. The molecule has 0 fully saturated rings. The summed E-state index contributed by atoms with van der Waals surface area (Å²) >= 11 is 1.87. The summed E-state index contributed by atoms with van der Waals surface area (Å²) in [7, 11) is 0. The average molecular weight is 302 g/mol. The summed E-state index contributed by atoms with van der Waals surface area (Å²) < 4.78 is 6.10. The molecule has 1 aliphatic heterocycles. The maximum Gasteiger partial charge on any atom is 0.164 e. The average Bonchev–Trinajstić information content (AvgIpc) is 2.42. The van der Waals surface area contributed by atoms with E-state index in [1.807, 2.05) is 30.0 Å². The molecule has 2 aliphatic rings. The molecule has 1 aliphatic carbocycles. The molecule has 3 heteroatoms. The van der Waals surface area contributed by atoms with Gasteiger partial charge in [-0.05, 0) is 23.7 Å². The lowest BCUT2D eigenvalue weighted by molar-refractivity contribution is -0.118. The van der Waals surface area contributed by atoms with E-state index in [4.69, 9.17) is 4.74 Å². The maximum absolute atomic E-state index is 12.7. The quantitative estimate of drug-likeness (QED) is 0.794. The molecule has 0 saturated heterocycles. The minimum absolute atomic E-state index is 0.00216. The molecule has 0 spiro atoms. The number of allylic oxidation sites excluding steroid dienone is 1. The van der Waals surface area contributed by atoms with E-state index in [9.17, 15) is 4.79 Å². The number of hydrogen-bond donors (Lipinski definition) is 0. The molecule has 21 heavy (non-hydrogen) atoms. The van der Waals surface area contributed by atoms with Crippen LogP contribution in [0.15, 0.2) is 35.6 Å². The highest BCUT2D eigenvalue weighted by molar-refractivity contribution is 7.99. The molecule has 1 atom stereocenters. The van der Waals surface area contributed by atoms with Gasteiger partial charge in [-0.2, -0.15) is 0 Å². The second-order valence-electron chi connectivity index (χ2n) is 6.67. The molecule has 112 valence electrons. The highest BCUT2D eigenvalue weighted by Gasteiger charge is 2.41. The third-order valence-electron chi connectivity index (χ3n) is 4.06. The number of para-hydroxylation sites is 1. The topological polar surface area (TPSA) is 26.3 Å². The molecule has 0 N–H and O–H groups in total. The lowest BCUT2D eigenvalue weighted by Gasteiger charge is -2.37. The van der Waals surface area contributed by atoms with Gasteiger partial charge in [0, 0.05) is 18.4 Å². The van der Waals surface area contributed by atoms with Crippen LogP contribution in [0.2, 0.25) is 0 Å². The third kappa shape index (κ3) is 2.76. The van der Waals surface area contributed by atoms with Crippen LogP contribution in [0.1, 0.15) is 50.8 Å². The van der Waals surface area contributed by atoms with Crippen molar-refractivity contribution in [3.05, 3.63) is 41.2 Å². The molecule has 1 heterocycles. The van der Waals surface area contributed by atoms with Crippen LogP contribution < -0.4 is 4.74 Å². The van der Waals surface area contributed by atoms with Gasteiger partial charge < -0.3 is 4.74 Å². The zero-order valence-corrected chi connectivity index (χ0v) is 13.8. The van der Waals surface area contributed by atoms with E-state index in [0.717, 1.165) is 41.2 Å². The minimum Gasteiger partial charge on any atom is -0.461 e. The fourth-order valence-corrected chi connectivity index (χ4v) is 4.42. The molecule has 0 radical (unpaired) electrons. The number of ether oxygens (including phenoxy) is 1. The molecule has 0 aromatic heterocycles. The van der Waals surface area contributed by atoms with Crippen molar-refractivity contribution in [2.24, 2.45) is 5.41 Å². The van der Waals surface area contributed by atoms with E-state index in [2.05, 4.69) is 26.8 Å². The molecule has 0 amide bonds. The highest BCUT2D eigenvalue weighted by Crippen LogP contribution is 2.51. The van der Waals surface area contributed by atoms with Crippen LogP contribution >= 0.6 is 11.8 Å². The van der Waals surface area contributed by atoms with Gasteiger partial charge in [-0.3, -0.25) is 4.79 Å². The monoisotopic (exact) mass is 302 g/mol. The first-order chi connectivity index (χ1) is 10.0. The van der Waals surface area contributed by atoms with Crippen LogP contribution in [0.25, 0.3) is 0 Å². The Morgan fingerprint density at radius 1 is 1.29 bits per heavy atom. The van der Waals surface area contributed by atoms with Gasteiger partial charge in [0.25, 0.3) is 0 Å². The second-order valence-corrected chi connectivity index (χ2v) is 7.88. The van der Waals surface area contributed by atoms with E-state index in [1.54, 1.807) is 0 Å². The smallest absolute Gasteiger partial charge is 0.164 e. The first kappa shape index (κ1) is 14.7. The molecule has 0 saturated carbocycles. The van der Waals surface area contributed by atoms with Crippen molar-refractivity contribution in [2.45, 2.75) is 45.3 Å². The van der Waals surface area contributed by atoms with Gasteiger partial charge in [0.2, 0.25) is 0 Å². The number of fused-ring (bicyclic) bond motifs is 1. The Morgan fingerprint density at radius 2 is 2.05 bits per heavy atom. The summed E-state index contributed by atoms with van der Waals surface area (Å²) in [5.74, 6) is 3.16. The van der Waals surface area contributed by atoms with Gasteiger partial charge >= 0.3 is 0 Å². The van der Waals surface area contributed by atoms with Crippen LogP contribution in [0, 0.1) is 5.41 Å². The Kier molecular flexibility index (Phi) is 3.87. The Bertz CT molecular complexity index is 601. The summed E-state index contributed by atoms with van der Waals surface area (Å²) in [6.45, 7) is 6.47. The molecular weight excluding hydrogens is 280 g/mol. The van der Waals surface area contributed by atoms with Crippen molar-refractivity contribution < 1.29 is 9.53 Å². The molecular formula is C18H22O2S. The minimum atomic E-state index is 0.00216. The van der Waals surface area contributed by atoms with Crippen LogP contribution in [0.3, 0.4) is 0 Å². The first-order valence-electron chi connectivity index (χ1n) is 7.66.